The zero-order chi connectivity index (χ0) is 11.2. The first kappa shape index (κ1) is 13.4. The number of esters is 1. The highest BCUT2D eigenvalue weighted by atomic mass is 28.3. The molecule has 0 aliphatic heterocycles. The van der Waals surface area contributed by atoms with Crippen LogP contribution in [0.1, 0.15) is 19.8 Å². The summed E-state index contributed by atoms with van der Waals surface area (Å²) in [7, 11) is -1.16. The van der Waals surface area contributed by atoms with E-state index in [0.717, 1.165) is 6.04 Å². The first-order valence-corrected chi connectivity index (χ1v) is 8.73. The van der Waals surface area contributed by atoms with Crippen molar-refractivity contribution < 1.29 is 14.3 Å². The number of carbonyl (C=O) groups excluding carboxylic acids is 2. The first-order valence-electron chi connectivity index (χ1n) is 5.02. The number of carbonyl (C=O) groups is 2. The molecule has 0 rings (SSSR count). The van der Waals surface area contributed by atoms with E-state index in [2.05, 4.69) is 19.6 Å². The number of ether oxygens (including phenoxy) is 1. The maximum absolute atomic E-state index is 11.3. The average molecular weight is 216 g/mol. The van der Waals surface area contributed by atoms with Gasteiger partial charge in [-0.1, -0.05) is 25.7 Å². The molecule has 0 aromatic rings. The second-order valence-electron chi connectivity index (χ2n) is 4.58. The summed E-state index contributed by atoms with van der Waals surface area (Å²) in [6.45, 7) is 8.73. The van der Waals surface area contributed by atoms with Crippen LogP contribution in [0.3, 0.4) is 0 Å². The molecule has 0 amide bonds. The van der Waals surface area contributed by atoms with E-state index in [0.29, 0.717) is 13.0 Å². The van der Waals surface area contributed by atoms with Crippen molar-refractivity contribution in [3.63, 3.8) is 0 Å². The lowest BCUT2D eigenvalue weighted by Gasteiger charge is -2.14. The van der Waals surface area contributed by atoms with E-state index < -0.39 is 14.0 Å². The zero-order valence-electron chi connectivity index (χ0n) is 9.55. The third kappa shape index (κ3) is 7.98. The Morgan fingerprint density at radius 2 is 1.79 bits per heavy atom. The minimum absolute atomic E-state index is 0.00544. The highest BCUT2D eigenvalue weighted by molar-refractivity contribution is 6.76. The van der Waals surface area contributed by atoms with E-state index in [1.54, 1.807) is 6.92 Å². The lowest BCUT2D eigenvalue weighted by atomic mass is 10.2. The summed E-state index contributed by atoms with van der Waals surface area (Å²) >= 11 is 0. The van der Waals surface area contributed by atoms with E-state index in [9.17, 15) is 9.59 Å². The van der Waals surface area contributed by atoms with Crippen molar-refractivity contribution in [2.24, 2.45) is 0 Å². The van der Waals surface area contributed by atoms with Crippen molar-refractivity contribution >= 4 is 19.8 Å². The van der Waals surface area contributed by atoms with Crippen LogP contribution in [0, 0.1) is 0 Å². The van der Waals surface area contributed by atoms with Gasteiger partial charge in [0.1, 0.15) is 12.2 Å². The molecular weight excluding hydrogens is 196 g/mol. The third-order valence-corrected chi connectivity index (χ3v) is 3.55. The van der Waals surface area contributed by atoms with E-state index in [1.165, 1.54) is 0 Å². The van der Waals surface area contributed by atoms with Crippen LogP contribution >= 0.6 is 0 Å². The molecule has 0 aromatic heterocycles. The zero-order valence-corrected chi connectivity index (χ0v) is 10.6. The van der Waals surface area contributed by atoms with Gasteiger partial charge in [0.05, 0.1) is 6.61 Å². The normalized spacial score (nSPS) is 11.1. The molecule has 0 N–H and O–H groups in total. The van der Waals surface area contributed by atoms with Gasteiger partial charge in [-0.2, -0.15) is 0 Å². The van der Waals surface area contributed by atoms with Gasteiger partial charge in [0.2, 0.25) is 0 Å². The second kappa shape index (κ2) is 5.96. The summed E-state index contributed by atoms with van der Waals surface area (Å²) in [6.07, 6.45) is 0.465. The quantitative estimate of drug-likeness (QED) is 0.388. The van der Waals surface area contributed by atoms with Gasteiger partial charge >= 0.3 is 5.97 Å². The molecule has 0 bridgehead atoms. The van der Waals surface area contributed by atoms with Crippen molar-refractivity contribution in [2.75, 3.05) is 6.61 Å². The summed E-state index contributed by atoms with van der Waals surface area (Å²) in [5.41, 5.74) is 0. The Morgan fingerprint density at radius 1 is 1.21 bits per heavy atom. The van der Waals surface area contributed by atoms with Crippen molar-refractivity contribution in [3.8, 4) is 0 Å². The summed E-state index contributed by atoms with van der Waals surface area (Å²) in [5.74, 6) is -0.390. The van der Waals surface area contributed by atoms with E-state index >= 15 is 0 Å². The van der Waals surface area contributed by atoms with Gasteiger partial charge in [-0.25, -0.2) is 0 Å². The molecule has 0 heterocycles. The topological polar surface area (TPSA) is 43.4 Å². The van der Waals surface area contributed by atoms with Crippen LogP contribution in [0.5, 0.6) is 0 Å². The Hall–Kier alpha value is -0.643. The monoisotopic (exact) mass is 216 g/mol. The lowest BCUT2D eigenvalue weighted by molar-refractivity contribution is -0.145. The Kier molecular flexibility index (Phi) is 5.68. The van der Waals surface area contributed by atoms with Gasteiger partial charge in [0.15, 0.2) is 0 Å². The van der Waals surface area contributed by atoms with Crippen LogP contribution in [0.15, 0.2) is 0 Å². The third-order valence-electron chi connectivity index (χ3n) is 1.80. The first-order chi connectivity index (χ1) is 6.35. The largest absolute Gasteiger partial charge is 0.466 e. The van der Waals surface area contributed by atoms with E-state index in [1.807, 2.05) is 0 Å². The fraction of sp³-hybridized carbons (Fsp3) is 0.800. The van der Waals surface area contributed by atoms with Gasteiger partial charge in [-0.3, -0.25) is 9.59 Å². The Labute approximate surface area is 86.8 Å². The van der Waals surface area contributed by atoms with Crippen molar-refractivity contribution in [3.05, 3.63) is 0 Å². The molecule has 14 heavy (non-hydrogen) atoms. The summed E-state index contributed by atoms with van der Waals surface area (Å²) in [5, 5.41) is 0. The number of hydrogen-bond acceptors (Lipinski definition) is 3. The number of ketones is 1. The molecular formula is C10H20O3Si. The van der Waals surface area contributed by atoms with Crippen LogP contribution < -0.4 is 0 Å². The van der Waals surface area contributed by atoms with Gasteiger partial charge in [-0.15, -0.1) is 0 Å². The fourth-order valence-corrected chi connectivity index (χ4v) is 2.00. The van der Waals surface area contributed by atoms with Crippen molar-refractivity contribution in [1.82, 2.24) is 0 Å². The van der Waals surface area contributed by atoms with E-state index in [-0.39, 0.29) is 12.2 Å². The van der Waals surface area contributed by atoms with Gasteiger partial charge in [-0.05, 0) is 6.92 Å². The molecule has 0 aliphatic carbocycles. The van der Waals surface area contributed by atoms with Crippen LogP contribution in [0.2, 0.25) is 25.7 Å². The fourth-order valence-electron chi connectivity index (χ4n) is 0.976. The van der Waals surface area contributed by atoms with Crippen molar-refractivity contribution in [1.29, 1.82) is 0 Å². The van der Waals surface area contributed by atoms with Gasteiger partial charge < -0.3 is 4.74 Å². The van der Waals surface area contributed by atoms with E-state index in [4.69, 9.17) is 4.74 Å². The average Bonchev–Trinajstić information content (AvgIpc) is 2.00. The molecule has 0 fully saturated rings. The summed E-state index contributed by atoms with van der Waals surface area (Å²) in [4.78, 5) is 22.2. The van der Waals surface area contributed by atoms with Gasteiger partial charge in [0, 0.05) is 14.5 Å². The standard InChI is InChI=1S/C10H20O3Si/c1-5-13-10(12)8-9(11)6-7-14(2,3)4/h5-8H2,1-4H3. The van der Waals surface area contributed by atoms with Crippen LogP contribution in [0.4, 0.5) is 0 Å². The minimum atomic E-state index is -1.16. The molecule has 82 valence electrons. The Balaban J connectivity index is 3.71. The summed E-state index contributed by atoms with van der Waals surface area (Å²) < 4.78 is 4.70. The van der Waals surface area contributed by atoms with Crippen LogP contribution in [-0.2, 0) is 14.3 Å². The molecule has 4 heteroatoms. The highest BCUT2D eigenvalue weighted by Crippen LogP contribution is 2.12. The Bertz CT molecular complexity index is 206. The molecule has 0 aromatic carbocycles. The molecule has 0 saturated heterocycles. The molecule has 3 nitrogen and oxygen atoms in total. The predicted molar refractivity (Wildman–Crippen MR) is 59.0 cm³/mol. The summed E-state index contributed by atoms with van der Waals surface area (Å²) in [6, 6.07) is 0.950. The smallest absolute Gasteiger partial charge is 0.313 e. The molecule has 0 unspecified atom stereocenters. The number of rotatable bonds is 6. The predicted octanol–water partition coefficient (Wildman–Crippen LogP) is 2.24. The molecule has 0 radical (unpaired) electrons. The second-order valence-corrected chi connectivity index (χ2v) is 10.2. The lowest BCUT2D eigenvalue weighted by Crippen LogP contribution is -2.21. The van der Waals surface area contributed by atoms with Gasteiger partial charge in [0.25, 0.3) is 0 Å². The maximum Gasteiger partial charge on any atom is 0.313 e. The highest BCUT2D eigenvalue weighted by Gasteiger charge is 2.16. The molecule has 0 saturated carbocycles. The molecule has 0 atom stereocenters. The maximum atomic E-state index is 11.3. The molecule has 0 aliphatic rings. The Morgan fingerprint density at radius 3 is 2.21 bits per heavy atom. The number of Topliss-reactive ketones (excluding diaryl/α,β-unsaturated/α-hetero) is 1. The number of hydrogen-bond donors (Lipinski definition) is 0. The van der Waals surface area contributed by atoms with Crippen LogP contribution in [-0.4, -0.2) is 26.4 Å². The van der Waals surface area contributed by atoms with Crippen molar-refractivity contribution in [2.45, 2.75) is 45.5 Å². The minimum Gasteiger partial charge on any atom is -0.466 e. The van der Waals surface area contributed by atoms with Crippen LogP contribution in [0.25, 0.3) is 0 Å². The molecule has 0 spiro atoms. The SMILES string of the molecule is CCOC(=O)CC(=O)CC[Si](C)(C)C.